The fourth-order valence-electron chi connectivity index (χ4n) is 4.33. The maximum atomic E-state index is 13.9. The van der Waals surface area contributed by atoms with Crippen molar-refractivity contribution in [2.24, 2.45) is 5.14 Å². The Morgan fingerprint density at radius 2 is 2.03 bits per heavy atom. The number of carbonyl (C=O) groups excluding carboxylic acids is 1. The van der Waals surface area contributed by atoms with Gasteiger partial charge < -0.3 is 10.2 Å². The molecule has 1 atom stereocenters. The summed E-state index contributed by atoms with van der Waals surface area (Å²) in [7, 11) is -3.92. The van der Waals surface area contributed by atoms with Crippen LogP contribution < -0.4 is 15.4 Å². The van der Waals surface area contributed by atoms with Crippen LogP contribution in [0.3, 0.4) is 0 Å². The predicted octanol–water partition coefficient (Wildman–Crippen LogP) is 3.66. The minimum atomic E-state index is -3.92. The largest absolute Gasteiger partial charge is 0.356 e. The van der Waals surface area contributed by atoms with Crippen molar-refractivity contribution in [1.29, 1.82) is 0 Å². The number of rotatable bonds is 4. The molecule has 1 fully saturated rings. The molecule has 0 spiro atoms. The third-order valence-corrected chi connectivity index (χ3v) is 7.02. The summed E-state index contributed by atoms with van der Waals surface area (Å²) in [5, 5.41) is 7.89. The van der Waals surface area contributed by atoms with Gasteiger partial charge in [-0.25, -0.2) is 27.3 Å². The summed E-state index contributed by atoms with van der Waals surface area (Å²) in [5.41, 5.74) is 2.45. The van der Waals surface area contributed by atoms with Crippen LogP contribution in [0.5, 0.6) is 0 Å². The van der Waals surface area contributed by atoms with E-state index in [1.807, 2.05) is 0 Å². The number of anilines is 2. The molecule has 1 aromatic heterocycles. The van der Waals surface area contributed by atoms with Gasteiger partial charge in [-0.3, -0.25) is 4.79 Å². The number of aryl methyl sites for hydroxylation is 1. The van der Waals surface area contributed by atoms with E-state index in [4.69, 9.17) is 10.1 Å². The molecule has 0 radical (unpaired) electrons. The van der Waals surface area contributed by atoms with Crippen LogP contribution >= 0.6 is 0 Å². The van der Waals surface area contributed by atoms with Gasteiger partial charge in [0.05, 0.1) is 10.5 Å². The van der Waals surface area contributed by atoms with Crippen LogP contribution in [-0.2, 0) is 16.4 Å². The standard InChI is InChI=1S/C22H26F2N4O3S/c1-14-6-7-15-12-18(21(29)26-16-4-2-5-17(13-16)32(25,30)31)20(27-19(14)15)28-10-3-8-22(23,24)9-11-28/h2,4-5,12-14H,3,6-11H2,1H3,(H,26,29)(H2,25,30,31). The van der Waals surface area contributed by atoms with Gasteiger partial charge in [-0.05, 0) is 55.0 Å². The quantitative estimate of drug-likeness (QED) is 0.719. The van der Waals surface area contributed by atoms with Crippen LogP contribution in [0.4, 0.5) is 20.3 Å². The minimum absolute atomic E-state index is 0.106. The summed E-state index contributed by atoms with van der Waals surface area (Å²) < 4.78 is 51.1. The Bertz CT molecular complexity index is 1150. The first kappa shape index (κ1) is 22.6. The highest BCUT2D eigenvalue weighted by molar-refractivity contribution is 7.89. The van der Waals surface area contributed by atoms with Gasteiger partial charge in [-0.1, -0.05) is 13.0 Å². The van der Waals surface area contributed by atoms with E-state index in [1.54, 1.807) is 17.0 Å². The van der Waals surface area contributed by atoms with Crippen LogP contribution in [0.1, 0.15) is 60.1 Å². The molecular formula is C22H26F2N4O3S. The van der Waals surface area contributed by atoms with Gasteiger partial charge in [-0.15, -0.1) is 0 Å². The number of alkyl halides is 2. The van der Waals surface area contributed by atoms with E-state index < -0.39 is 21.9 Å². The van der Waals surface area contributed by atoms with Crippen molar-refractivity contribution in [3.05, 3.63) is 47.2 Å². The monoisotopic (exact) mass is 464 g/mol. The van der Waals surface area contributed by atoms with Gasteiger partial charge in [-0.2, -0.15) is 0 Å². The lowest BCUT2D eigenvalue weighted by Crippen LogP contribution is -2.30. The third-order valence-electron chi connectivity index (χ3n) is 6.11. The number of primary sulfonamides is 1. The average molecular weight is 465 g/mol. The summed E-state index contributed by atoms with van der Waals surface area (Å²) in [4.78, 5) is 19.6. The van der Waals surface area contributed by atoms with E-state index in [1.165, 1.54) is 18.2 Å². The summed E-state index contributed by atoms with van der Waals surface area (Å²) in [6, 6.07) is 7.45. The van der Waals surface area contributed by atoms with E-state index in [9.17, 15) is 22.0 Å². The maximum absolute atomic E-state index is 13.9. The number of sulfonamides is 1. The first-order chi connectivity index (χ1) is 15.0. The Morgan fingerprint density at radius 1 is 1.25 bits per heavy atom. The molecule has 2 aliphatic rings. The summed E-state index contributed by atoms with van der Waals surface area (Å²) in [5.74, 6) is -2.57. The van der Waals surface area contributed by atoms with Crippen molar-refractivity contribution in [2.45, 2.75) is 55.8 Å². The minimum Gasteiger partial charge on any atom is -0.356 e. The molecule has 1 aliphatic heterocycles. The van der Waals surface area contributed by atoms with Gasteiger partial charge in [0.15, 0.2) is 0 Å². The van der Waals surface area contributed by atoms with Crippen LogP contribution in [0.25, 0.3) is 0 Å². The molecule has 7 nitrogen and oxygen atoms in total. The molecule has 0 bridgehead atoms. The fourth-order valence-corrected chi connectivity index (χ4v) is 4.89. The highest BCUT2D eigenvalue weighted by Gasteiger charge is 2.34. The van der Waals surface area contributed by atoms with Crippen LogP contribution in [-0.4, -0.2) is 38.3 Å². The van der Waals surface area contributed by atoms with Gasteiger partial charge in [0.2, 0.25) is 15.9 Å². The Labute approximate surface area is 186 Å². The molecule has 1 unspecified atom stereocenters. The molecular weight excluding hydrogens is 438 g/mol. The Morgan fingerprint density at radius 3 is 2.78 bits per heavy atom. The molecule has 1 aliphatic carbocycles. The number of hydrogen-bond donors (Lipinski definition) is 2. The van der Waals surface area contributed by atoms with Gasteiger partial charge in [0, 0.05) is 37.3 Å². The second-order valence-electron chi connectivity index (χ2n) is 8.57. The number of nitrogens with zero attached hydrogens (tertiary/aromatic N) is 2. The third kappa shape index (κ3) is 4.75. The Hall–Kier alpha value is -2.59. The molecule has 1 amide bonds. The predicted molar refractivity (Wildman–Crippen MR) is 118 cm³/mol. The molecule has 0 saturated carbocycles. The van der Waals surface area contributed by atoms with Crippen molar-refractivity contribution in [3.8, 4) is 0 Å². The topological polar surface area (TPSA) is 105 Å². The number of hydrogen-bond acceptors (Lipinski definition) is 5. The van der Waals surface area contributed by atoms with Gasteiger partial charge >= 0.3 is 0 Å². The molecule has 1 saturated heterocycles. The smallest absolute Gasteiger partial charge is 0.259 e. The van der Waals surface area contributed by atoms with Gasteiger partial charge in [0.1, 0.15) is 5.82 Å². The molecule has 2 aromatic rings. The first-order valence-electron chi connectivity index (χ1n) is 10.6. The normalized spacial score (nSPS) is 20.5. The zero-order valence-corrected chi connectivity index (χ0v) is 18.6. The van der Waals surface area contributed by atoms with E-state index in [2.05, 4.69) is 12.2 Å². The van der Waals surface area contributed by atoms with Gasteiger partial charge in [0.25, 0.3) is 5.91 Å². The van der Waals surface area contributed by atoms with E-state index >= 15 is 0 Å². The van der Waals surface area contributed by atoms with Crippen LogP contribution in [0, 0.1) is 0 Å². The van der Waals surface area contributed by atoms with Crippen LogP contribution in [0.15, 0.2) is 35.2 Å². The second kappa shape index (κ2) is 8.40. The number of carbonyl (C=O) groups is 1. The Balaban J connectivity index is 1.69. The molecule has 32 heavy (non-hydrogen) atoms. The zero-order chi connectivity index (χ0) is 23.1. The first-order valence-corrected chi connectivity index (χ1v) is 12.2. The highest BCUT2D eigenvalue weighted by atomic mass is 32.2. The number of benzene rings is 1. The Kier molecular flexibility index (Phi) is 5.93. The molecule has 4 rings (SSSR count). The second-order valence-corrected chi connectivity index (χ2v) is 10.1. The maximum Gasteiger partial charge on any atom is 0.259 e. The molecule has 1 aromatic carbocycles. The number of fused-ring (bicyclic) bond motifs is 1. The molecule has 3 N–H and O–H groups in total. The molecule has 2 heterocycles. The summed E-state index contributed by atoms with van der Waals surface area (Å²) >= 11 is 0. The SMILES string of the molecule is CC1CCc2cc(C(=O)Nc3cccc(S(N)(=O)=O)c3)c(N3CCCC(F)(F)CC3)nc21. The summed E-state index contributed by atoms with van der Waals surface area (Å²) in [6.07, 6.45) is 1.54. The van der Waals surface area contributed by atoms with Crippen LogP contribution in [0.2, 0.25) is 0 Å². The number of amides is 1. The van der Waals surface area contributed by atoms with Crippen molar-refractivity contribution in [1.82, 2.24) is 4.98 Å². The van der Waals surface area contributed by atoms with Crippen molar-refractivity contribution in [3.63, 3.8) is 0 Å². The lowest BCUT2D eigenvalue weighted by molar-refractivity contribution is -0.0102. The lowest BCUT2D eigenvalue weighted by Gasteiger charge is -2.25. The number of pyridine rings is 1. The molecule has 172 valence electrons. The zero-order valence-electron chi connectivity index (χ0n) is 17.8. The lowest BCUT2D eigenvalue weighted by atomic mass is 10.1. The van der Waals surface area contributed by atoms with Crippen molar-refractivity contribution in [2.75, 3.05) is 23.3 Å². The number of aromatic nitrogens is 1. The number of halogens is 2. The highest BCUT2D eigenvalue weighted by Crippen LogP contribution is 2.36. The fraction of sp³-hybridized carbons (Fsp3) is 0.455. The van der Waals surface area contributed by atoms with E-state index in [-0.39, 0.29) is 35.9 Å². The van der Waals surface area contributed by atoms with E-state index in [0.717, 1.165) is 24.1 Å². The number of nitrogens with one attached hydrogen (secondary N) is 1. The number of nitrogens with two attached hydrogens (primary N) is 1. The summed E-state index contributed by atoms with van der Waals surface area (Å²) in [6.45, 7) is 2.56. The van der Waals surface area contributed by atoms with Crippen molar-refractivity contribution >= 4 is 27.4 Å². The van der Waals surface area contributed by atoms with Crippen molar-refractivity contribution < 1.29 is 22.0 Å². The average Bonchev–Trinajstić information content (AvgIpc) is 2.98. The molecule has 10 heteroatoms. The van der Waals surface area contributed by atoms with E-state index in [0.29, 0.717) is 24.3 Å².